The van der Waals surface area contributed by atoms with Crippen LogP contribution in [0.1, 0.15) is 11.3 Å². The predicted molar refractivity (Wildman–Crippen MR) is 77.8 cm³/mol. The fourth-order valence-corrected chi connectivity index (χ4v) is 2.31. The van der Waals surface area contributed by atoms with E-state index in [1.54, 1.807) is 0 Å². The number of aromatic nitrogens is 3. The average molecular weight is 273 g/mol. The monoisotopic (exact) mass is 272 g/mol. The molecular formula is C14H13ClN4. The first-order chi connectivity index (χ1) is 9.08. The minimum atomic E-state index is 0.415. The molecule has 2 heterocycles. The molecule has 0 aliphatic rings. The molecule has 0 atom stereocenters. The fourth-order valence-electron chi connectivity index (χ4n) is 2.15. The van der Waals surface area contributed by atoms with Crippen molar-refractivity contribution < 1.29 is 0 Å². The zero-order valence-electron chi connectivity index (χ0n) is 10.7. The van der Waals surface area contributed by atoms with Gasteiger partial charge in [0.25, 0.3) is 0 Å². The molecule has 96 valence electrons. The number of fused-ring (bicyclic) bond motifs is 1. The van der Waals surface area contributed by atoms with Gasteiger partial charge in [-0.1, -0.05) is 17.7 Å². The molecule has 0 saturated carbocycles. The van der Waals surface area contributed by atoms with E-state index in [0.29, 0.717) is 11.0 Å². The SMILES string of the molecule is Cc1ccc2nc(N)n(-c3cccc(Cl)c3C)c2n1. The molecular weight excluding hydrogens is 260 g/mol. The number of nitrogens with two attached hydrogens (primary N) is 1. The van der Waals surface area contributed by atoms with Gasteiger partial charge in [-0.2, -0.15) is 0 Å². The van der Waals surface area contributed by atoms with E-state index < -0.39 is 0 Å². The minimum absolute atomic E-state index is 0.415. The highest BCUT2D eigenvalue weighted by Gasteiger charge is 2.14. The number of aryl methyl sites for hydroxylation is 1. The van der Waals surface area contributed by atoms with E-state index in [0.717, 1.165) is 28.1 Å². The van der Waals surface area contributed by atoms with Gasteiger partial charge in [0.15, 0.2) is 5.65 Å². The molecule has 3 aromatic rings. The van der Waals surface area contributed by atoms with Gasteiger partial charge in [0.2, 0.25) is 5.95 Å². The third-order valence-corrected chi connectivity index (χ3v) is 3.56. The Hall–Kier alpha value is -2.07. The summed E-state index contributed by atoms with van der Waals surface area (Å²) in [5.41, 5.74) is 10.3. The first-order valence-corrected chi connectivity index (χ1v) is 6.33. The van der Waals surface area contributed by atoms with Gasteiger partial charge in [0, 0.05) is 10.7 Å². The van der Waals surface area contributed by atoms with Crippen LogP contribution in [0.15, 0.2) is 30.3 Å². The van der Waals surface area contributed by atoms with Crippen LogP contribution in [0.2, 0.25) is 5.02 Å². The van der Waals surface area contributed by atoms with Crippen LogP contribution in [0.5, 0.6) is 0 Å². The Labute approximate surface area is 115 Å². The van der Waals surface area contributed by atoms with E-state index >= 15 is 0 Å². The molecule has 1 aromatic carbocycles. The first kappa shape index (κ1) is 12.0. The van der Waals surface area contributed by atoms with Crippen molar-refractivity contribution in [1.82, 2.24) is 14.5 Å². The highest BCUT2D eigenvalue weighted by molar-refractivity contribution is 6.31. The summed E-state index contributed by atoms with van der Waals surface area (Å²) in [5, 5.41) is 0.700. The third kappa shape index (κ3) is 1.85. The summed E-state index contributed by atoms with van der Waals surface area (Å²) in [5.74, 6) is 0.415. The van der Waals surface area contributed by atoms with Crippen molar-refractivity contribution in [2.75, 3.05) is 5.73 Å². The third-order valence-electron chi connectivity index (χ3n) is 3.15. The second-order valence-corrected chi connectivity index (χ2v) is 4.89. The first-order valence-electron chi connectivity index (χ1n) is 5.95. The molecule has 5 heteroatoms. The van der Waals surface area contributed by atoms with E-state index in [9.17, 15) is 0 Å². The Balaban J connectivity index is 2.39. The minimum Gasteiger partial charge on any atom is -0.369 e. The van der Waals surface area contributed by atoms with Gasteiger partial charge >= 0.3 is 0 Å². The second-order valence-electron chi connectivity index (χ2n) is 4.48. The lowest BCUT2D eigenvalue weighted by atomic mass is 10.2. The number of anilines is 1. The van der Waals surface area contributed by atoms with Gasteiger partial charge in [0.1, 0.15) is 5.52 Å². The Morgan fingerprint density at radius 2 is 1.89 bits per heavy atom. The van der Waals surface area contributed by atoms with Crippen LogP contribution < -0.4 is 5.73 Å². The molecule has 3 rings (SSSR count). The average Bonchev–Trinajstić information content (AvgIpc) is 2.69. The summed E-state index contributed by atoms with van der Waals surface area (Å²) in [6, 6.07) is 9.55. The highest BCUT2D eigenvalue weighted by Crippen LogP contribution is 2.27. The van der Waals surface area contributed by atoms with Crippen molar-refractivity contribution in [3.63, 3.8) is 0 Å². The summed E-state index contributed by atoms with van der Waals surface area (Å²) in [6.07, 6.45) is 0. The second kappa shape index (κ2) is 4.24. The fraction of sp³-hybridized carbons (Fsp3) is 0.143. The summed E-state index contributed by atoms with van der Waals surface area (Å²) < 4.78 is 1.84. The summed E-state index contributed by atoms with van der Waals surface area (Å²) >= 11 is 6.17. The summed E-state index contributed by atoms with van der Waals surface area (Å²) in [4.78, 5) is 8.86. The van der Waals surface area contributed by atoms with Crippen molar-refractivity contribution in [3.8, 4) is 5.69 Å². The van der Waals surface area contributed by atoms with Gasteiger partial charge in [-0.3, -0.25) is 4.57 Å². The smallest absolute Gasteiger partial charge is 0.207 e. The van der Waals surface area contributed by atoms with E-state index in [2.05, 4.69) is 9.97 Å². The number of benzene rings is 1. The molecule has 0 bridgehead atoms. The lowest BCUT2D eigenvalue weighted by molar-refractivity contribution is 1.06. The van der Waals surface area contributed by atoms with E-state index in [1.165, 1.54) is 0 Å². The molecule has 0 spiro atoms. The number of nitrogens with zero attached hydrogens (tertiary/aromatic N) is 3. The molecule has 0 radical (unpaired) electrons. The van der Waals surface area contributed by atoms with Gasteiger partial charge in [-0.15, -0.1) is 0 Å². The zero-order chi connectivity index (χ0) is 13.6. The number of hydrogen-bond donors (Lipinski definition) is 1. The van der Waals surface area contributed by atoms with Crippen molar-refractivity contribution in [1.29, 1.82) is 0 Å². The molecule has 0 amide bonds. The largest absolute Gasteiger partial charge is 0.369 e. The molecule has 0 saturated heterocycles. The van der Waals surface area contributed by atoms with Crippen LogP contribution in [0.25, 0.3) is 16.9 Å². The molecule has 0 aliphatic carbocycles. The zero-order valence-corrected chi connectivity index (χ0v) is 11.4. The molecule has 2 N–H and O–H groups in total. The Kier molecular flexibility index (Phi) is 2.68. The maximum atomic E-state index is 6.17. The number of halogens is 1. The van der Waals surface area contributed by atoms with Crippen molar-refractivity contribution in [3.05, 3.63) is 46.6 Å². The lowest BCUT2D eigenvalue weighted by Crippen LogP contribution is -2.03. The molecule has 0 unspecified atom stereocenters. The van der Waals surface area contributed by atoms with Crippen molar-refractivity contribution >= 4 is 28.7 Å². The highest BCUT2D eigenvalue weighted by atomic mass is 35.5. The summed E-state index contributed by atoms with van der Waals surface area (Å²) in [7, 11) is 0. The molecule has 4 nitrogen and oxygen atoms in total. The summed E-state index contributed by atoms with van der Waals surface area (Å²) in [6.45, 7) is 3.90. The maximum Gasteiger partial charge on any atom is 0.207 e. The normalized spacial score (nSPS) is 11.1. The topological polar surface area (TPSA) is 56.7 Å². The molecule has 2 aromatic heterocycles. The Bertz CT molecular complexity index is 776. The van der Waals surface area contributed by atoms with Crippen LogP contribution in [0.3, 0.4) is 0 Å². The van der Waals surface area contributed by atoms with Crippen LogP contribution in [0, 0.1) is 13.8 Å². The van der Waals surface area contributed by atoms with Gasteiger partial charge in [-0.25, -0.2) is 9.97 Å². The maximum absolute atomic E-state index is 6.17. The molecule has 0 aliphatic heterocycles. The van der Waals surface area contributed by atoms with Crippen LogP contribution in [0.4, 0.5) is 5.95 Å². The quantitative estimate of drug-likeness (QED) is 0.740. The van der Waals surface area contributed by atoms with Crippen molar-refractivity contribution in [2.45, 2.75) is 13.8 Å². The van der Waals surface area contributed by atoms with Gasteiger partial charge in [-0.05, 0) is 43.7 Å². The van der Waals surface area contributed by atoms with Crippen LogP contribution in [-0.4, -0.2) is 14.5 Å². The van der Waals surface area contributed by atoms with Gasteiger partial charge < -0.3 is 5.73 Å². The van der Waals surface area contributed by atoms with Crippen LogP contribution in [-0.2, 0) is 0 Å². The van der Waals surface area contributed by atoms with Crippen LogP contribution >= 0.6 is 11.6 Å². The number of rotatable bonds is 1. The number of pyridine rings is 1. The van der Waals surface area contributed by atoms with Gasteiger partial charge in [0.05, 0.1) is 5.69 Å². The number of hydrogen-bond acceptors (Lipinski definition) is 3. The Morgan fingerprint density at radius 3 is 2.68 bits per heavy atom. The number of imidazole rings is 1. The number of nitrogen functional groups attached to an aromatic ring is 1. The Morgan fingerprint density at radius 1 is 1.11 bits per heavy atom. The lowest BCUT2D eigenvalue weighted by Gasteiger charge is -2.10. The van der Waals surface area contributed by atoms with E-state index in [-0.39, 0.29) is 0 Å². The molecule has 19 heavy (non-hydrogen) atoms. The predicted octanol–water partition coefficient (Wildman–Crippen LogP) is 3.27. The molecule has 0 fully saturated rings. The van der Waals surface area contributed by atoms with E-state index in [4.69, 9.17) is 17.3 Å². The standard InChI is InChI=1S/C14H13ClN4/c1-8-6-7-11-13(17-8)19(14(16)18-11)12-5-3-4-10(15)9(12)2/h3-7H,1-2H3,(H2,16,18). The van der Waals surface area contributed by atoms with Crippen molar-refractivity contribution in [2.24, 2.45) is 0 Å². The van der Waals surface area contributed by atoms with E-state index in [1.807, 2.05) is 48.7 Å².